The van der Waals surface area contributed by atoms with Gasteiger partial charge in [0.1, 0.15) is 5.75 Å². The van der Waals surface area contributed by atoms with Crippen molar-refractivity contribution in [3.05, 3.63) is 60.2 Å². The zero-order valence-corrected chi connectivity index (χ0v) is 12.1. The molecule has 0 aromatic heterocycles. The summed E-state index contributed by atoms with van der Waals surface area (Å²) in [5.41, 5.74) is 1.36. The fourth-order valence-electron chi connectivity index (χ4n) is 1.54. The van der Waals surface area contributed by atoms with Crippen LogP contribution in [-0.4, -0.2) is 7.11 Å². The Labute approximate surface area is 116 Å². The van der Waals surface area contributed by atoms with E-state index in [1.807, 2.05) is 22.9 Å². The van der Waals surface area contributed by atoms with Crippen LogP contribution in [0.3, 0.4) is 0 Å². The van der Waals surface area contributed by atoms with Gasteiger partial charge in [0.15, 0.2) is 0 Å². The zero-order valence-electron chi connectivity index (χ0n) is 10.5. The molecule has 0 heterocycles. The normalized spacial score (nSPS) is 12.1. The van der Waals surface area contributed by atoms with E-state index in [-0.39, 0.29) is 0 Å². The average Bonchev–Trinajstić information content (AvgIpc) is 2.46. The molecule has 0 aliphatic rings. The van der Waals surface area contributed by atoms with Crippen molar-refractivity contribution in [2.75, 3.05) is 7.11 Å². The summed E-state index contributed by atoms with van der Waals surface area (Å²) < 4.78 is 5.15. The van der Waals surface area contributed by atoms with Crippen LogP contribution in [0.5, 0.6) is 5.75 Å². The van der Waals surface area contributed by atoms with Crippen molar-refractivity contribution in [1.82, 2.24) is 0 Å². The molecule has 1 nitrogen and oxygen atoms in total. The van der Waals surface area contributed by atoms with Crippen LogP contribution in [-0.2, 0) is 0 Å². The SMILES string of the molecule is COc1ccc(SSC(C)c2ccccc2)cc1. The maximum Gasteiger partial charge on any atom is 0.118 e. The zero-order chi connectivity index (χ0) is 12.8. The Bertz CT molecular complexity index is 468. The van der Waals surface area contributed by atoms with Gasteiger partial charge in [-0.05, 0) is 36.8 Å². The molecule has 0 aliphatic heterocycles. The molecule has 2 aromatic rings. The average molecular weight is 276 g/mol. The van der Waals surface area contributed by atoms with Gasteiger partial charge in [-0.2, -0.15) is 0 Å². The Hall–Kier alpha value is -1.06. The van der Waals surface area contributed by atoms with Crippen molar-refractivity contribution in [1.29, 1.82) is 0 Å². The summed E-state index contributed by atoms with van der Waals surface area (Å²) in [6.07, 6.45) is 0. The second-order valence-corrected chi connectivity index (χ2v) is 6.52. The van der Waals surface area contributed by atoms with Crippen LogP contribution in [0.4, 0.5) is 0 Å². The van der Waals surface area contributed by atoms with Gasteiger partial charge >= 0.3 is 0 Å². The van der Waals surface area contributed by atoms with E-state index in [1.54, 1.807) is 17.9 Å². The summed E-state index contributed by atoms with van der Waals surface area (Å²) in [4.78, 5) is 1.25. The third-order valence-corrected chi connectivity index (χ3v) is 5.47. The number of hydrogen-bond donors (Lipinski definition) is 0. The molecule has 0 aliphatic carbocycles. The first-order valence-electron chi connectivity index (χ1n) is 5.82. The van der Waals surface area contributed by atoms with E-state index in [1.165, 1.54) is 10.5 Å². The van der Waals surface area contributed by atoms with Gasteiger partial charge in [-0.3, -0.25) is 0 Å². The molecule has 1 atom stereocenters. The number of methoxy groups -OCH3 is 1. The highest BCUT2D eigenvalue weighted by Crippen LogP contribution is 2.42. The molecular formula is C15H16OS2. The van der Waals surface area contributed by atoms with Crippen LogP contribution >= 0.6 is 21.6 Å². The van der Waals surface area contributed by atoms with Gasteiger partial charge < -0.3 is 4.74 Å². The Balaban J connectivity index is 1.91. The first-order chi connectivity index (χ1) is 8.79. The summed E-state index contributed by atoms with van der Waals surface area (Å²) >= 11 is 0. The molecule has 0 radical (unpaired) electrons. The van der Waals surface area contributed by atoms with Crippen LogP contribution < -0.4 is 4.74 Å². The summed E-state index contributed by atoms with van der Waals surface area (Å²) in [7, 11) is 5.36. The molecule has 2 aromatic carbocycles. The van der Waals surface area contributed by atoms with Gasteiger partial charge in [0.05, 0.1) is 7.11 Å². The Morgan fingerprint density at radius 2 is 1.61 bits per heavy atom. The van der Waals surface area contributed by atoms with Crippen molar-refractivity contribution in [3.63, 3.8) is 0 Å². The highest BCUT2D eigenvalue weighted by Gasteiger charge is 2.06. The third kappa shape index (κ3) is 3.72. The van der Waals surface area contributed by atoms with E-state index in [0.29, 0.717) is 5.25 Å². The minimum atomic E-state index is 0.485. The van der Waals surface area contributed by atoms with Crippen LogP contribution in [0.2, 0.25) is 0 Å². The second-order valence-electron chi connectivity index (χ2n) is 3.91. The Morgan fingerprint density at radius 3 is 2.22 bits per heavy atom. The maximum atomic E-state index is 5.15. The fraction of sp³-hybridized carbons (Fsp3) is 0.200. The molecule has 18 heavy (non-hydrogen) atoms. The lowest BCUT2D eigenvalue weighted by Gasteiger charge is -2.10. The van der Waals surface area contributed by atoms with Crippen molar-refractivity contribution >= 4 is 21.6 Å². The quantitative estimate of drug-likeness (QED) is 0.695. The van der Waals surface area contributed by atoms with E-state index < -0.39 is 0 Å². The van der Waals surface area contributed by atoms with Gasteiger partial charge in [0.25, 0.3) is 0 Å². The summed E-state index contributed by atoms with van der Waals surface area (Å²) in [6.45, 7) is 2.23. The lowest BCUT2D eigenvalue weighted by molar-refractivity contribution is 0.414. The molecule has 2 rings (SSSR count). The standard InChI is InChI=1S/C15H16OS2/c1-12(13-6-4-3-5-7-13)17-18-15-10-8-14(16-2)9-11-15/h3-12H,1-2H3. The molecule has 0 bridgehead atoms. The predicted molar refractivity (Wildman–Crippen MR) is 81.3 cm³/mol. The second kappa shape index (κ2) is 6.76. The van der Waals surface area contributed by atoms with Gasteiger partial charge in [0.2, 0.25) is 0 Å². The van der Waals surface area contributed by atoms with E-state index in [2.05, 4.69) is 49.4 Å². The van der Waals surface area contributed by atoms with Crippen LogP contribution in [0.1, 0.15) is 17.7 Å². The molecule has 0 N–H and O–H groups in total. The van der Waals surface area contributed by atoms with E-state index in [0.717, 1.165) is 5.75 Å². The maximum absolute atomic E-state index is 5.15. The number of ether oxygens (including phenoxy) is 1. The molecule has 3 heteroatoms. The van der Waals surface area contributed by atoms with E-state index >= 15 is 0 Å². The molecule has 94 valence electrons. The molecular weight excluding hydrogens is 260 g/mol. The lowest BCUT2D eigenvalue weighted by Crippen LogP contribution is -1.85. The summed E-state index contributed by atoms with van der Waals surface area (Å²) in [5, 5.41) is 0.485. The topological polar surface area (TPSA) is 9.23 Å². The highest BCUT2D eigenvalue weighted by molar-refractivity contribution is 8.76. The summed E-state index contributed by atoms with van der Waals surface area (Å²) in [5.74, 6) is 0.903. The molecule has 0 fully saturated rings. The van der Waals surface area contributed by atoms with Crippen molar-refractivity contribution < 1.29 is 4.74 Å². The van der Waals surface area contributed by atoms with Crippen molar-refractivity contribution in [2.24, 2.45) is 0 Å². The number of rotatable bonds is 5. The minimum Gasteiger partial charge on any atom is -0.497 e. The van der Waals surface area contributed by atoms with E-state index in [9.17, 15) is 0 Å². The first kappa shape index (κ1) is 13.4. The molecule has 0 spiro atoms. The Kier molecular flexibility index (Phi) is 5.02. The fourth-order valence-corrected chi connectivity index (χ4v) is 3.74. The molecule has 0 saturated heterocycles. The molecule has 0 saturated carbocycles. The minimum absolute atomic E-state index is 0.485. The largest absolute Gasteiger partial charge is 0.497 e. The van der Waals surface area contributed by atoms with Gasteiger partial charge in [-0.1, -0.05) is 51.9 Å². The van der Waals surface area contributed by atoms with Gasteiger partial charge in [0, 0.05) is 10.1 Å². The summed E-state index contributed by atoms with van der Waals surface area (Å²) in [6, 6.07) is 18.7. The van der Waals surface area contributed by atoms with Crippen LogP contribution in [0, 0.1) is 0 Å². The lowest BCUT2D eigenvalue weighted by atomic mass is 10.2. The van der Waals surface area contributed by atoms with Gasteiger partial charge in [-0.25, -0.2) is 0 Å². The highest BCUT2D eigenvalue weighted by atomic mass is 33.1. The van der Waals surface area contributed by atoms with E-state index in [4.69, 9.17) is 4.74 Å². The van der Waals surface area contributed by atoms with Crippen LogP contribution in [0.25, 0.3) is 0 Å². The molecule has 0 amide bonds. The van der Waals surface area contributed by atoms with Crippen molar-refractivity contribution in [3.8, 4) is 5.75 Å². The third-order valence-electron chi connectivity index (χ3n) is 2.62. The van der Waals surface area contributed by atoms with Crippen LogP contribution in [0.15, 0.2) is 59.5 Å². The smallest absolute Gasteiger partial charge is 0.118 e. The van der Waals surface area contributed by atoms with Gasteiger partial charge in [-0.15, -0.1) is 0 Å². The number of benzene rings is 2. The molecule has 1 unspecified atom stereocenters. The first-order valence-corrected chi connectivity index (χ1v) is 8.03. The number of hydrogen-bond acceptors (Lipinski definition) is 3. The monoisotopic (exact) mass is 276 g/mol. The Morgan fingerprint density at radius 1 is 0.944 bits per heavy atom. The predicted octanol–water partition coefficient (Wildman–Crippen LogP) is 5.20. The van der Waals surface area contributed by atoms with Crippen molar-refractivity contribution in [2.45, 2.75) is 17.1 Å².